The molecule has 0 aliphatic carbocycles. The number of anilines is 2. The number of amides is 2. The minimum absolute atomic E-state index is 0.0554. The molecule has 11 heteroatoms. The minimum Gasteiger partial charge on any atom is -0.374 e. The van der Waals surface area contributed by atoms with Gasteiger partial charge in [0.05, 0.1) is 0 Å². The summed E-state index contributed by atoms with van der Waals surface area (Å²) in [7, 11) is 0. The van der Waals surface area contributed by atoms with Crippen LogP contribution in [0.15, 0.2) is 24.5 Å². The highest BCUT2D eigenvalue weighted by Crippen LogP contribution is 2.14. The summed E-state index contributed by atoms with van der Waals surface area (Å²) in [5, 5.41) is 16.5. The van der Waals surface area contributed by atoms with Crippen molar-refractivity contribution in [3.05, 3.63) is 29.5 Å². The Labute approximate surface area is 153 Å². The first kappa shape index (κ1) is 16.5. The summed E-state index contributed by atoms with van der Waals surface area (Å²) < 4.78 is 1.76. The Morgan fingerprint density at radius 3 is 2.85 bits per heavy atom. The second-order valence-electron chi connectivity index (χ2n) is 5.91. The molecule has 4 heterocycles. The van der Waals surface area contributed by atoms with Crippen molar-refractivity contribution < 1.29 is 4.79 Å². The Morgan fingerprint density at radius 2 is 2.08 bits per heavy atom. The zero-order valence-electron chi connectivity index (χ0n) is 14.1. The Kier molecular flexibility index (Phi) is 4.52. The SMILES string of the molecule is Nc1nnc(CCNC(=O)N2CCN(c3ccc4nccn4n3)CC2)s1. The summed E-state index contributed by atoms with van der Waals surface area (Å²) >= 11 is 1.34. The first-order chi connectivity index (χ1) is 12.7. The third-order valence-corrected chi connectivity index (χ3v) is 5.04. The maximum absolute atomic E-state index is 12.3. The minimum atomic E-state index is -0.0554. The van der Waals surface area contributed by atoms with Crippen molar-refractivity contribution in [2.75, 3.05) is 43.4 Å². The van der Waals surface area contributed by atoms with Crippen LogP contribution in [0.4, 0.5) is 15.7 Å². The van der Waals surface area contributed by atoms with E-state index in [0.29, 0.717) is 31.2 Å². The first-order valence-electron chi connectivity index (χ1n) is 8.35. The van der Waals surface area contributed by atoms with Gasteiger partial charge in [0, 0.05) is 51.5 Å². The fourth-order valence-corrected chi connectivity index (χ4v) is 3.48. The van der Waals surface area contributed by atoms with Crippen LogP contribution >= 0.6 is 11.3 Å². The van der Waals surface area contributed by atoms with Gasteiger partial charge in [0.15, 0.2) is 5.65 Å². The number of fused-ring (bicyclic) bond motifs is 1. The molecule has 3 aromatic heterocycles. The monoisotopic (exact) mass is 373 g/mol. The van der Waals surface area contributed by atoms with Crippen LogP contribution in [0, 0.1) is 0 Å². The number of nitrogens with one attached hydrogen (secondary N) is 1. The molecule has 26 heavy (non-hydrogen) atoms. The summed E-state index contributed by atoms with van der Waals surface area (Å²) in [6.45, 7) is 3.32. The average molecular weight is 373 g/mol. The average Bonchev–Trinajstić information content (AvgIpc) is 3.30. The van der Waals surface area contributed by atoms with Crippen molar-refractivity contribution >= 4 is 34.0 Å². The zero-order valence-corrected chi connectivity index (χ0v) is 14.9. The summed E-state index contributed by atoms with van der Waals surface area (Å²) in [5.74, 6) is 0.893. The zero-order chi connectivity index (χ0) is 17.9. The summed E-state index contributed by atoms with van der Waals surface area (Å²) in [6, 6.07) is 3.85. The highest BCUT2D eigenvalue weighted by atomic mass is 32.1. The van der Waals surface area contributed by atoms with Crippen LogP contribution in [0.1, 0.15) is 5.01 Å². The summed E-state index contributed by atoms with van der Waals surface area (Å²) in [6.07, 6.45) is 4.19. The molecule has 0 atom stereocenters. The van der Waals surface area contributed by atoms with Gasteiger partial charge >= 0.3 is 6.03 Å². The lowest BCUT2D eigenvalue weighted by molar-refractivity contribution is 0.194. The van der Waals surface area contributed by atoms with Gasteiger partial charge in [0.25, 0.3) is 0 Å². The predicted molar refractivity (Wildman–Crippen MR) is 98.2 cm³/mol. The van der Waals surface area contributed by atoms with Gasteiger partial charge in [-0.3, -0.25) is 0 Å². The Balaban J connectivity index is 1.26. The van der Waals surface area contributed by atoms with Gasteiger partial charge in [0.2, 0.25) is 5.13 Å². The fourth-order valence-electron chi connectivity index (χ4n) is 2.87. The highest BCUT2D eigenvalue weighted by Gasteiger charge is 2.22. The van der Waals surface area contributed by atoms with E-state index in [1.54, 1.807) is 10.7 Å². The molecule has 0 saturated carbocycles. The van der Waals surface area contributed by atoms with Gasteiger partial charge < -0.3 is 20.9 Å². The van der Waals surface area contributed by atoms with Crippen LogP contribution in [0.2, 0.25) is 0 Å². The van der Waals surface area contributed by atoms with E-state index in [1.165, 1.54) is 11.3 Å². The molecule has 136 valence electrons. The molecule has 0 aromatic carbocycles. The van der Waals surface area contributed by atoms with E-state index in [0.717, 1.165) is 29.6 Å². The molecule has 1 aliphatic heterocycles. The van der Waals surface area contributed by atoms with Crippen LogP contribution in [0.5, 0.6) is 0 Å². The number of imidazole rings is 1. The maximum atomic E-state index is 12.3. The van der Waals surface area contributed by atoms with Gasteiger partial charge in [-0.25, -0.2) is 14.3 Å². The van der Waals surface area contributed by atoms with Crippen molar-refractivity contribution in [2.24, 2.45) is 0 Å². The molecule has 0 bridgehead atoms. The number of carbonyl (C=O) groups excluding carboxylic acids is 1. The van der Waals surface area contributed by atoms with Gasteiger partial charge in [-0.15, -0.1) is 15.3 Å². The maximum Gasteiger partial charge on any atom is 0.317 e. The molecule has 3 N–H and O–H groups in total. The van der Waals surface area contributed by atoms with E-state index in [4.69, 9.17) is 5.73 Å². The molecule has 10 nitrogen and oxygen atoms in total. The Hall–Kier alpha value is -2.95. The molecule has 0 spiro atoms. The quantitative estimate of drug-likeness (QED) is 0.672. The molecule has 1 saturated heterocycles. The molecule has 0 unspecified atom stereocenters. The van der Waals surface area contributed by atoms with Crippen molar-refractivity contribution in [3.63, 3.8) is 0 Å². The van der Waals surface area contributed by atoms with Gasteiger partial charge in [-0.2, -0.15) is 0 Å². The number of nitrogen functional groups attached to an aromatic ring is 1. The number of rotatable bonds is 4. The van der Waals surface area contributed by atoms with Gasteiger partial charge in [-0.05, 0) is 12.1 Å². The largest absolute Gasteiger partial charge is 0.374 e. The number of hydrogen-bond acceptors (Lipinski definition) is 8. The molecule has 4 rings (SSSR count). The second-order valence-corrected chi connectivity index (χ2v) is 7.01. The van der Waals surface area contributed by atoms with Crippen molar-refractivity contribution in [2.45, 2.75) is 6.42 Å². The van der Waals surface area contributed by atoms with Crippen LogP contribution in [-0.4, -0.2) is 68.5 Å². The van der Waals surface area contributed by atoms with Gasteiger partial charge in [-0.1, -0.05) is 11.3 Å². The standard InChI is InChI=1S/C15H19N9OS/c16-14-20-19-13(26-14)3-4-18-15(25)23-9-7-22(8-10-23)12-2-1-11-17-5-6-24(11)21-12/h1-2,5-6H,3-4,7-10H2,(H2,16,20)(H,18,25). The topological polar surface area (TPSA) is 118 Å². The van der Waals surface area contributed by atoms with Crippen molar-refractivity contribution in [3.8, 4) is 0 Å². The summed E-state index contributed by atoms with van der Waals surface area (Å²) in [5.41, 5.74) is 6.37. The highest BCUT2D eigenvalue weighted by molar-refractivity contribution is 7.15. The third kappa shape index (κ3) is 3.52. The number of nitrogens with zero attached hydrogens (tertiary/aromatic N) is 7. The predicted octanol–water partition coefficient (Wildman–Crippen LogP) is 0.237. The molecule has 1 aliphatic rings. The molecule has 3 aromatic rings. The van der Waals surface area contributed by atoms with Crippen molar-refractivity contribution in [1.82, 2.24) is 35.0 Å². The number of aromatic nitrogens is 5. The number of nitrogens with two attached hydrogens (primary N) is 1. The smallest absolute Gasteiger partial charge is 0.317 e. The normalized spacial score (nSPS) is 14.8. The summed E-state index contributed by atoms with van der Waals surface area (Å²) in [4.78, 5) is 20.5. The molecular weight excluding hydrogens is 354 g/mol. The van der Waals surface area contributed by atoms with Crippen LogP contribution in [-0.2, 0) is 6.42 Å². The fraction of sp³-hybridized carbons (Fsp3) is 0.400. The van der Waals surface area contributed by atoms with Gasteiger partial charge in [0.1, 0.15) is 10.8 Å². The first-order valence-corrected chi connectivity index (χ1v) is 9.17. The Bertz CT molecular complexity index is 899. The third-order valence-electron chi connectivity index (χ3n) is 4.23. The number of carbonyl (C=O) groups is 1. The lowest BCUT2D eigenvalue weighted by Gasteiger charge is -2.35. The second kappa shape index (κ2) is 7.12. The van der Waals surface area contributed by atoms with E-state index in [1.807, 2.05) is 23.2 Å². The molecule has 2 amide bonds. The van der Waals surface area contributed by atoms with Crippen LogP contribution < -0.4 is 16.0 Å². The van der Waals surface area contributed by atoms with Crippen LogP contribution in [0.25, 0.3) is 5.65 Å². The molecular formula is C15H19N9OS. The van der Waals surface area contributed by atoms with E-state index < -0.39 is 0 Å². The van der Waals surface area contributed by atoms with E-state index in [9.17, 15) is 4.79 Å². The number of piperazine rings is 1. The molecule has 1 fully saturated rings. The number of urea groups is 1. The Morgan fingerprint density at radius 1 is 1.23 bits per heavy atom. The van der Waals surface area contributed by atoms with E-state index >= 15 is 0 Å². The number of hydrogen-bond donors (Lipinski definition) is 2. The lowest BCUT2D eigenvalue weighted by Crippen LogP contribution is -2.52. The van der Waals surface area contributed by atoms with Crippen molar-refractivity contribution in [1.29, 1.82) is 0 Å². The van der Waals surface area contributed by atoms with E-state index in [2.05, 4.69) is 30.5 Å². The van der Waals surface area contributed by atoms with E-state index in [-0.39, 0.29) is 6.03 Å². The lowest BCUT2D eigenvalue weighted by atomic mass is 10.3. The molecule has 0 radical (unpaired) electrons. The van der Waals surface area contributed by atoms with Crippen LogP contribution in [0.3, 0.4) is 0 Å².